The Morgan fingerprint density at radius 2 is 2.05 bits per heavy atom. The van der Waals surface area contributed by atoms with Crippen molar-refractivity contribution in [2.45, 2.75) is 19.3 Å². The topological polar surface area (TPSA) is 39.1 Å². The summed E-state index contributed by atoms with van der Waals surface area (Å²) >= 11 is 0. The molecule has 1 aromatic carbocycles. The minimum absolute atomic E-state index is 0.197. The predicted molar refractivity (Wildman–Crippen MR) is 70.7 cm³/mol. The molecule has 0 spiro atoms. The van der Waals surface area contributed by atoms with Crippen molar-refractivity contribution in [3.8, 4) is 17.0 Å². The molecule has 0 amide bonds. The molecule has 0 saturated carbocycles. The van der Waals surface area contributed by atoms with Gasteiger partial charge in [-0.3, -0.25) is 4.68 Å². The van der Waals surface area contributed by atoms with Gasteiger partial charge in [-0.1, -0.05) is 12.1 Å². The highest BCUT2D eigenvalue weighted by atomic mass is 19.4. The van der Waals surface area contributed by atoms with Gasteiger partial charge in [-0.05, 0) is 12.1 Å². The van der Waals surface area contributed by atoms with Crippen LogP contribution in [0.4, 0.5) is 13.2 Å². The van der Waals surface area contributed by atoms with Gasteiger partial charge in [0.25, 0.3) is 0 Å². The molecular formula is C14H14F3N3O. The first kappa shape index (κ1) is 13.9. The Morgan fingerprint density at radius 3 is 2.81 bits per heavy atom. The van der Waals surface area contributed by atoms with E-state index in [-0.39, 0.29) is 5.75 Å². The SMILES string of the molecule is Cn1nc(-c2ccccc2OCC(F)(F)F)c2c1CNC2. The molecule has 1 aliphatic rings. The molecule has 0 saturated heterocycles. The van der Waals surface area contributed by atoms with Crippen molar-refractivity contribution in [1.29, 1.82) is 0 Å². The van der Waals surface area contributed by atoms with Crippen molar-refractivity contribution >= 4 is 0 Å². The maximum atomic E-state index is 12.3. The van der Waals surface area contributed by atoms with E-state index in [0.29, 0.717) is 24.3 Å². The Balaban J connectivity index is 1.98. The summed E-state index contributed by atoms with van der Waals surface area (Å²) in [6, 6.07) is 6.67. The molecule has 4 nitrogen and oxygen atoms in total. The van der Waals surface area contributed by atoms with Crippen LogP contribution in [0.3, 0.4) is 0 Å². The predicted octanol–water partition coefficient (Wildman–Crippen LogP) is 2.63. The molecule has 0 fully saturated rings. The summed E-state index contributed by atoms with van der Waals surface area (Å²) in [6.07, 6.45) is -4.36. The number of rotatable bonds is 3. The highest BCUT2D eigenvalue weighted by molar-refractivity contribution is 5.71. The fourth-order valence-electron chi connectivity index (χ4n) is 2.48. The summed E-state index contributed by atoms with van der Waals surface area (Å²) in [5.41, 5.74) is 3.33. The lowest BCUT2D eigenvalue weighted by Crippen LogP contribution is -2.19. The first-order valence-electron chi connectivity index (χ1n) is 6.50. The van der Waals surface area contributed by atoms with Crippen LogP contribution in [0, 0.1) is 0 Å². The van der Waals surface area contributed by atoms with Gasteiger partial charge in [-0.25, -0.2) is 0 Å². The average molecular weight is 297 g/mol. The number of hydrogen-bond donors (Lipinski definition) is 1. The normalized spacial score (nSPS) is 14.3. The van der Waals surface area contributed by atoms with E-state index in [1.165, 1.54) is 6.07 Å². The molecule has 2 heterocycles. The molecule has 21 heavy (non-hydrogen) atoms. The molecule has 1 aliphatic heterocycles. The summed E-state index contributed by atoms with van der Waals surface area (Å²) in [5.74, 6) is 0.197. The van der Waals surface area contributed by atoms with Crippen LogP contribution in [0.5, 0.6) is 5.75 Å². The van der Waals surface area contributed by atoms with Crippen LogP contribution >= 0.6 is 0 Å². The molecule has 1 aromatic heterocycles. The molecule has 0 bridgehead atoms. The second kappa shape index (κ2) is 5.07. The van der Waals surface area contributed by atoms with Gasteiger partial charge in [0.1, 0.15) is 11.4 Å². The van der Waals surface area contributed by atoms with Crippen molar-refractivity contribution in [1.82, 2.24) is 15.1 Å². The first-order chi connectivity index (χ1) is 9.96. The summed E-state index contributed by atoms with van der Waals surface area (Å²) in [7, 11) is 1.83. The van der Waals surface area contributed by atoms with Gasteiger partial charge >= 0.3 is 6.18 Å². The maximum absolute atomic E-state index is 12.3. The van der Waals surface area contributed by atoms with Gasteiger partial charge < -0.3 is 10.1 Å². The van der Waals surface area contributed by atoms with Crippen molar-refractivity contribution in [3.05, 3.63) is 35.5 Å². The van der Waals surface area contributed by atoms with Crippen LogP contribution in [-0.2, 0) is 20.1 Å². The highest BCUT2D eigenvalue weighted by Gasteiger charge is 2.29. The van der Waals surface area contributed by atoms with Crippen LogP contribution in [0.2, 0.25) is 0 Å². The van der Waals surface area contributed by atoms with Gasteiger partial charge in [-0.15, -0.1) is 0 Å². The number of fused-ring (bicyclic) bond motifs is 1. The quantitative estimate of drug-likeness (QED) is 0.946. The van der Waals surface area contributed by atoms with Crippen molar-refractivity contribution in [3.63, 3.8) is 0 Å². The van der Waals surface area contributed by atoms with Gasteiger partial charge in [0.05, 0.1) is 5.69 Å². The zero-order valence-electron chi connectivity index (χ0n) is 11.4. The van der Waals surface area contributed by atoms with Crippen LogP contribution in [-0.4, -0.2) is 22.6 Å². The van der Waals surface area contributed by atoms with Crippen LogP contribution in [0.25, 0.3) is 11.3 Å². The third-order valence-corrected chi connectivity index (χ3v) is 3.40. The Kier molecular flexibility index (Phi) is 3.36. The molecule has 0 radical (unpaired) electrons. The molecule has 7 heteroatoms. The number of halogens is 3. The van der Waals surface area contributed by atoms with Gasteiger partial charge in [0, 0.05) is 31.3 Å². The Bertz CT molecular complexity index is 664. The Labute approximate surface area is 119 Å². The third-order valence-electron chi connectivity index (χ3n) is 3.40. The zero-order chi connectivity index (χ0) is 15.0. The van der Waals surface area contributed by atoms with E-state index in [9.17, 15) is 13.2 Å². The monoisotopic (exact) mass is 297 g/mol. The highest BCUT2D eigenvalue weighted by Crippen LogP contribution is 2.35. The van der Waals surface area contributed by atoms with E-state index in [4.69, 9.17) is 4.74 Å². The number of alkyl halides is 3. The van der Waals surface area contributed by atoms with Crippen molar-refractivity contribution < 1.29 is 17.9 Å². The molecule has 0 unspecified atom stereocenters. The first-order valence-corrected chi connectivity index (χ1v) is 6.50. The number of benzene rings is 1. The van der Waals surface area contributed by atoms with Gasteiger partial charge in [-0.2, -0.15) is 18.3 Å². The lowest BCUT2D eigenvalue weighted by atomic mass is 10.1. The van der Waals surface area contributed by atoms with E-state index in [0.717, 1.165) is 11.3 Å². The second-order valence-corrected chi connectivity index (χ2v) is 4.90. The summed E-state index contributed by atoms with van der Waals surface area (Å²) in [4.78, 5) is 0. The molecule has 3 rings (SSSR count). The van der Waals surface area contributed by atoms with E-state index in [2.05, 4.69) is 10.4 Å². The zero-order valence-corrected chi connectivity index (χ0v) is 11.4. The number of hydrogen-bond acceptors (Lipinski definition) is 3. The van der Waals surface area contributed by atoms with Crippen LogP contribution < -0.4 is 10.1 Å². The van der Waals surface area contributed by atoms with Crippen molar-refractivity contribution in [2.75, 3.05) is 6.61 Å². The Morgan fingerprint density at radius 1 is 1.29 bits per heavy atom. The minimum Gasteiger partial charge on any atom is -0.483 e. The standard InChI is InChI=1S/C14H14F3N3O/c1-20-11-7-18-6-10(11)13(19-20)9-4-2-3-5-12(9)21-8-14(15,16)17/h2-5,18H,6-8H2,1H3. The summed E-state index contributed by atoms with van der Waals surface area (Å²) < 4.78 is 43.7. The van der Waals surface area contributed by atoms with Crippen molar-refractivity contribution in [2.24, 2.45) is 7.05 Å². The van der Waals surface area contributed by atoms with E-state index in [1.54, 1.807) is 22.9 Å². The van der Waals surface area contributed by atoms with Crippen LogP contribution in [0.15, 0.2) is 24.3 Å². The average Bonchev–Trinajstić information content (AvgIpc) is 3.01. The van der Waals surface area contributed by atoms with Crippen LogP contribution in [0.1, 0.15) is 11.3 Å². The molecule has 0 atom stereocenters. The number of nitrogens with one attached hydrogen (secondary N) is 1. The minimum atomic E-state index is -4.36. The number of ether oxygens (including phenoxy) is 1. The molecule has 0 aliphatic carbocycles. The van der Waals surface area contributed by atoms with E-state index < -0.39 is 12.8 Å². The molecular weight excluding hydrogens is 283 g/mol. The number of aromatic nitrogens is 2. The number of nitrogens with zero attached hydrogens (tertiary/aromatic N) is 2. The molecule has 112 valence electrons. The smallest absolute Gasteiger partial charge is 0.422 e. The molecule has 1 N–H and O–H groups in total. The van der Waals surface area contributed by atoms with Gasteiger partial charge in [0.2, 0.25) is 0 Å². The van der Waals surface area contributed by atoms with E-state index >= 15 is 0 Å². The van der Waals surface area contributed by atoms with E-state index in [1.807, 2.05) is 7.05 Å². The summed E-state index contributed by atoms with van der Waals surface area (Å²) in [6.45, 7) is 0.0633. The maximum Gasteiger partial charge on any atom is 0.422 e. The fraction of sp³-hybridized carbons (Fsp3) is 0.357. The molecule has 2 aromatic rings. The lowest BCUT2D eigenvalue weighted by Gasteiger charge is -2.12. The number of aryl methyl sites for hydroxylation is 1. The summed E-state index contributed by atoms with van der Waals surface area (Å²) in [5, 5.41) is 7.64. The lowest BCUT2D eigenvalue weighted by molar-refractivity contribution is -0.153. The van der Waals surface area contributed by atoms with Gasteiger partial charge in [0.15, 0.2) is 6.61 Å². The Hall–Kier alpha value is -2.02. The second-order valence-electron chi connectivity index (χ2n) is 4.90. The number of para-hydroxylation sites is 1. The largest absolute Gasteiger partial charge is 0.483 e. The third kappa shape index (κ3) is 2.73. The fourth-order valence-corrected chi connectivity index (χ4v) is 2.48.